The maximum absolute atomic E-state index is 13.0. The number of hydrogen-bond donors (Lipinski definition) is 1. The van der Waals surface area contributed by atoms with Gasteiger partial charge in [-0.3, -0.25) is 15.1 Å². The zero-order chi connectivity index (χ0) is 19.8. The number of rotatable bonds is 5. The third kappa shape index (κ3) is 3.70. The Morgan fingerprint density at radius 1 is 1.25 bits per heavy atom. The van der Waals surface area contributed by atoms with Crippen molar-refractivity contribution in [2.45, 2.75) is 26.2 Å². The minimum Gasteiger partial charge on any atom is -0.494 e. The Bertz CT molecular complexity index is 1050. The number of amides is 1. The lowest BCUT2D eigenvalue weighted by Crippen LogP contribution is -2.14. The molecule has 2 atom stereocenters. The van der Waals surface area contributed by atoms with Gasteiger partial charge in [0, 0.05) is 28.9 Å². The summed E-state index contributed by atoms with van der Waals surface area (Å²) < 4.78 is 5.40. The monoisotopic (exact) mass is 415 g/mol. The Labute approximate surface area is 171 Å². The van der Waals surface area contributed by atoms with E-state index in [0.717, 1.165) is 17.1 Å². The Morgan fingerprint density at radius 3 is 2.75 bits per heavy atom. The molecule has 3 aromatic heterocycles. The molecule has 9 heteroatoms. The molecular formula is C19H18ClN5O2S. The zero-order valence-corrected chi connectivity index (χ0v) is 17.1. The highest BCUT2D eigenvalue weighted by Crippen LogP contribution is 2.48. The number of aromatic nitrogens is 4. The SMILES string of the molecule is COc1cnc(Cl)cc1-c1cc(C)ncc1C(=O)Nc1nnc([C@H]2C[C@@H]2C)s1. The number of carbonyl (C=O) groups excluding carboxylic acids is 1. The van der Waals surface area contributed by atoms with E-state index >= 15 is 0 Å². The van der Waals surface area contributed by atoms with Crippen LogP contribution in [0.1, 0.15) is 40.3 Å². The summed E-state index contributed by atoms with van der Waals surface area (Å²) in [6.45, 7) is 4.04. The van der Waals surface area contributed by atoms with Crippen LogP contribution in [0.25, 0.3) is 11.1 Å². The molecule has 0 spiro atoms. The van der Waals surface area contributed by atoms with Crippen LogP contribution >= 0.6 is 22.9 Å². The number of anilines is 1. The molecule has 1 aliphatic carbocycles. The highest BCUT2D eigenvalue weighted by molar-refractivity contribution is 7.15. The Morgan fingerprint density at radius 2 is 2.04 bits per heavy atom. The lowest BCUT2D eigenvalue weighted by Gasteiger charge is -2.13. The van der Waals surface area contributed by atoms with Crippen LogP contribution in [0.5, 0.6) is 5.75 Å². The molecule has 3 aromatic rings. The number of methoxy groups -OCH3 is 1. The minimum absolute atomic E-state index is 0.309. The predicted octanol–water partition coefficient (Wildman–Crippen LogP) is 4.34. The van der Waals surface area contributed by atoms with E-state index < -0.39 is 0 Å². The van der Waals surface area contributed by atoms with Crippen molar-refractivity contribution in [2.24, 2.45) is 5.92 Å². The Hall–Kier alpha value is -2.58. The average Bonchev–Trinajstić information content (AvgIpc) is 3.22. The smallest absolute Gasteiger partial charge is 0.259 e. The summed E-state index contributed by atoms with van der Waals surface area (Å²) in [5, 5.41) is 12.9. The van der Waals surface area contributed by atoms with Crippen molar-refractivity contribution < 1.29 is 9.53 Å². The number of pyridine rings is 2. The zero-order valence-electron chi connectivity index (χ0n) is 15.6. The van der Waals surface area contributed by atoms with Crippen molar-refractivity contribution in [1.29, 1.82) is 0 Å². The standard InChI is InChI=1S/C19H18ClN5O2S/c1-9-4-11(9)18-24-25-19(28-18)23-17(26)14-7-21-10(2)5-12(14)13-6-16(20)22-8-15(13)27-3/h5-9,11H,4H2,1-3H3,(H,23,25,26)/t9-,11-/m0/s1. The topological polar surface area (TPSA) is 89.9 Å². The van der Waals surface area contributed by atoms with Crippen LogP contribution in [0.4, 0.5) is 5.13 Å². The molecule has 0 unspecified atom stereocenters. The number of ether oxygens (including phenoxy) is 1. The van der Waals surface area contributed by atoms with Gasteiger partial charge in [0.25, 0.3) is 5.91 Å². The fourth-order valence-electron chi connectivity index (χ4n) is 3.02. The van der Waals surface area contributed by atoms with Gasteiger partial charge in [0.1, 0.15) is 15.9 Å². The van der Waals surface area contributed by atoms with Crippen LogP contribution in [-0.2, 0) is 0 Å². The van der Waals surface area contributed by atoms with Gasteiger partial charge >= 0.3 is 0 Å². The van der Waals surface area contributed by atoms with Gasteiger partial charge < -0.3 is 4.74 Å². The number of halogens is 1. The lowest BCUT2D eigenvalue weighted by atomic mass is 10.0. The maximum Gasteiger partial charge on any atom is 0.259 e. The van der Waals surface area contributed by atoms with Gasteiger partial charge in [-0.15, -0.1) is 10.2 Å². The molecule has 28 heavy (non-hydrogen) atoms. The van der Waals surface area contributed by atoms with Crippen molar-refractivity contribution in [2.75, 3.05) is 12.4 Å². The molecule has 0 aromatic carbocycles. The first-order valence-corrected chi connectivity index (χ1v) is 9.97. The molecule has 1 aliphatic rings. The molecule has 4 rings (SSSR count). The summed E-state index contributed by atoms with van der Waals surface area (Å²) in [6, 6.07) is 3.49. The molecule has 1 N–H and O–H groups in total. The molecule has 0 radical (unpaired) electrons. The van der Waals surface area contributed by atoms with Crippen molar-refractivity contribution >= 4 is 34.0 Å². The quantitative estimate of drug-likeness (QED) is 0.623. The van der Waals surface area contributed by atoms with E-state index in [1.54, 1.807) is 19.4 Å². The summed E-state index contributed by atoms with van der Waals surface area (Å²) in [5.41, 5.74) is 2.49. The van der Waals surface area contributed by atoms with E-state index in [0.29, 0.717) is 44.6 Å². The largest absolute Gasteiger partial charge is 0.494 e. The third-order valence-electron chi connectivity index (χ3n) is 4.72. The Kier molecular flexibility index (Phi) is 4.99. The number of hydrogen-bond acceptors (Lipinski definition) is 7. The second-order valence-corrected chi connectivity index (χ2v) is 8.19. The second-order valence-electron chi connectivity index (χ2n) is 6.80. The normalized spacial score (nSPS) is 18.0. The van der Waals surface area contributed by atoms with Gasteiger partial charge in [0.05, 0.1) is 18.9 Å². The van der Waals surface area contributed by atoms with Crippen molar-refractivity contribution in [3.05, 3.63) is 45.9 Å². The molecule has 1 amide bonds. The second kappa shape index (κ2) is 7.44. The third-order valence-corrected chi connectivity index (χ3v) is 5.89. The van der Waals surface area contributed by atoms with Gasteiger partial charge in [0.15, 0.2) is 0 Å². The minimum atomic E-state index is -0.316. The molecular weight excluding hydrogens is 398 g/mol. The molecule has 1 saturated carbocycles. The van der Waals surface area contributed by atoms with E-state index in [1.807, 2.05) is 13.0 Å². The summed E-state index contributed by atoms with van der Waals surface area (Å²) in [6.07, 6.45) is 4.19. The molecule has 0 bridgehead atoms. The summed E-state index contributed by atoms with van der Waals surface area (Å²) >= 11 is 7.49. The number of nitrogens with zero attached hydrogens (tertiary/aromatic N) is 4. The summed E-state index contributed by atoms with van der Waals surface area (Å²) in [7, 11) is 1.55. The average molecular weight is 416 g/mol. The van der Waals surface area contributed by atoms with Gasteiger partial charge in [-0.05, 0) is 31.4 Å². The van der Waals surface area contributed by atoms with Crippen molar-refractivity contribution in [3.63, 3.8) is 0 Å². The van der Waals surface area contributed by atoms with Crippen LogP contribution in [0.2, 0.25) is 5.15 Å². The predicted molar refractivity (Wildman–Crippen MR) is 108 cm³/mol. The van der Waals surface area contributed by atoms with E-state index in [1.165, 1.54) is 17.5 Å². The molecule has 0 aliphatic heterocycles. The number of nitrogens with one attached hydrogen (secondary N) is 1. The fraction of sp³-hybridized carbons (Fsp3) is 0.316. The van der Waals surface area contributed by atoms with Crippen LogP contribution in [0.3, 0.4) is 0 Å². The number of carbonyl (C=O) groups is 1. The van der Waals surface area contributed by atoms with Crippen LogP contribution in [0, 0.1) is 12.8 Å². The highest BCUT2D eigenvalue weighted by Gasteiger charge is 2.37. The van der Waals surface area contributed by atoms with Crippen LogP contribution in [-0.4, -0.2) is 33.2 Å². The molecule has 144 valence electrons. The van der Waals surface area contributed by atoms with Crippen LogP contribution < -0.4 is 10.1 Å². The highest BCUT2D eigenvalue weighted by atomic mass is 35.5. The molecule has 0 saturated heterocycles. The van der Waals surface area contributed by atoms with E-state index in [4.69, 9.17) is 16.3 Å². The van der Waals surface area contributed by atoms with Gasteiger partial charge in [-0.25, -0.2) is 4.98 Å². The Balaban J connectivity index is 1.67. The molecule has 1 fully saturated rings. The van der Waals surface area contributed by atoms with Crippen molar-refractivity contribution in [1.82, 2.24) is 20.2 Å². The molecule has 7 nitrogen and oxygen atoms in total. The van der Waals surface area contributed by atoms with Gasteiger partial charge in [-0.1, -0.05) is 29.9 Å². The van der Waals surface area contributed by atoms with E-state index in [-0.39, 0.29) is 5.91 Å². The van der Waals surface area contributed by atoms with Crippen LogP contribution in [0.15, 0.2) is 24.5 Å². The fourth-order valence-corrected chi connectivity index (χ4v) is 4.16. The van der Waals surface area contributed by atoms with Crippen molar-refractivity contribution in [3.8, 4) is 16.9 Å². The lowest BCUT2D eigenvalue weighted by molar-refractivity contribution is 0.102. The van der Waals surface area contributed by atoms with E-state index in [9.17, 15) is 4.79 Å². The maximum atomic E-state index is 13.0. The number of aryl methyl sites for hydroxylation is 1. The van der Waals surface area contributed by atoms with Gasteiger partial charge in [0.2, 0.25) is 5.13 Å². The molecule has 3 heterocycles. The van der Waals surface area contributed by atoms with Gasteiger partial charge in [-0.2, -0.15) is 0 Å². The first-order chi connectivity index (χ1) is 13.5. The summed E-state index contributed by atoms with van der Waals surface area (Å²) in [5.74, 6) is 1.30. The van der Waals surface area contributed by atoms with E-state index in [2.05, 4.69) is 32.4 Å². The first-order valence-electron chi connectivity index (χ1n) is 8.77. The summed E-state index contributed by atoms with van der Waals surface area (Å²) in [4.78, 5) is 21.3. The first kappa shape index (κ1) is 18.8.